The lowest BCUT2D eigenvalue weighted by Gasteiger charge is -2.26. The molecule has 0 bridgehead atoms. The van der Waals surface area contributed by atoms with Crippen LogP contribution in [0, 0.1) is 17.5 Å². The fourth-order valence-electron chi connectivity index (χ4n) is 5.06. The number of hydrogen-bond acceptors (Lipinski definition) is 5. The number of methoxy groups -OCH3 is 1. The number of rotatable bonds is 10. The van der Waals surface area contributed by atoms with Crippen LogP contribution in [0.2, 0.25) is 5.02 Å². The van der Waals surface area contributed by atoms with Gasteiger partial charge in [-0.05, 0) is 87.5 Å². The Balaban J connectivity index is 1.53. The molecule has 0 fully saturated rings. The lowest BCUT2D eigenvalue weighted by Crippen LogP contribution is -2.19. The van der Waals surface area contributed by atoms with Crippen molar-refractivity contribution in [1.29, 1.82) is 0 Å². The Labute approximate surface area is 247 Å². The quantitative estimate of drug-likeness (QED) is 0.175. The maximum atomic E-state index is 15.4. The summed E-state index contributed by atoms with van der Waals surface area (Å²) in [6.07, 6.45) is 2.54. The summed E-state index contributed by atoms with van der Waals surface area (Å²) < 4.78 is 57.2. The van der Waals surface area contributed by atoms with Crippen LogP contribution in [0.25, 0.3) is 5.69 Å². The topological polar surface area (TPSA) is 39.5 Å². The molecule has 1 atom stereocenters. The average Bonchev–Trinajstić information content (AvgIpc) is 3.33. The third-order valence-corrected chi connectivity index (χ3v) is 8.43. The molecular weight excluding hydrogens is 571 g/mol. The van der Waals surface area contributed by atoms with Crippen LogP contribution in [0.5, 0.6) is 11.5 Å². The maximum Gasteiger partial charge on any atom is 0.173 e. The average molecular weight is 602 g/mol. The first-order chi connectivity index (χ1) is 19.8. The molecule has 5 rings (SSSR count). The van der Waals surface area contributed by atoms with Crippen molar-refractivity contribution in [1.82, 2.24) is 14.5 Å². The normalized spacial score (nSPS) is 14.8. The Kier molecular flexibility index (Phi) is 9.16. The second-order valence-corrected chi connectivity index (χ2v) is 11.5. The number of ether oxygens (including phenoxy) is 2. The lowest BCUT2D eigenvalue weighted by atomic mass is 9.84. The molecule has 10 heteroatoms. The first-order valence-electron chi connectivity index (χ1n) is 13.3. The molecule has 216 valence electrons. The maximum absolute atomic E-state index is 15.4. The highest BCUT2D eigenvalue weighted by atomic mass is 35.5. The van der Waals surface area contributed by atoms with Crippen LogP contribution >= 0.6 is 23.4 Å². The van der Waals surface area contributed by atoms with Crippen molar-refractivity contribution in [2.45, 2.75) is 36.1 Å². The van der Waals surface area contributed by atoms with Gasteiger partial charge in [-0.2, -0.15) is 0 Å². The summed E-state index contributed by atoms with van der Waals surface area (Å²) in [6.45, 7) is 0.878. The van der Waals surface area contributed by atoms with Crippen molar-refractivity contribution < 1.29 is 22.6 Å². The number of nitrogens with zero attached hydrogens (tertiary/aromatic N) is 3. The van der Waals surface area contributed by atoms with Gasteiger partial charge < -0.3 is 14.4 Å². The van der Waals surface area contributed by atoms with Crippen molar-refractivity contribution in [3.8, 4) is 17.2 Å². The van der Waals surface area contributed by atoms with Crippen molar-refractivity contribution in [3.63, 3.8) is 0 Å². The van der Waals surface area contributed by atoms with Gasteiger partial charge in [0.05, 0.1) is 23.5 Å². The van der Waals surface area contributed by atoms with E-state index in [1.54, 1.807) is 19.2 Å². The molecule has 4 aromatic rings. The molecule has 0 aliphatic heterocycles. The van der Waals surface area contributed by atoms with E-state index in [2.05, 4.69) is 0 Å². The summed E-state index contributed by atoms with van der Waals surface area (Å²) in [5, 5.41) is 1.10. The smallest absolute Gasteiger partial charge is 0.173 e. The third-order valence-electron chi connectivity index (χ3n) is 7.15. The number of hydrogen-bond donors (Lipinski definition) is 0. The van der Waals surface area contributed by atoms with Crippen LogP contribution < -0.4 is 9.47 Å². The lowest BCUT2D eigenvalue weighted by molar-refractivity contribution is 0.251. The standard InChI is InChI=1S/C31H31ClF3N3O2S/c1-37(2)15-16-40-27-14-13-25(34)23(29(27)35)18-41-31-36-26-6-4-5-22(19-7-12-24(32)28(17-19)39-3)30(26)38(31)21-10-8-20(33)9-11-21/h7-14,17,22H,4-6,15-16,18H2,1-3H3. The number of imidazole rings is 1. The number of aryl methyl sites for hydroxylation is 1. The minimum absolute atomic E-state index is 0.000923. The fraction of sp³-hybridized carbons (Fsp3) is 0.323. The number of aromatic nitrogens is 2. The van der Waals surface area contributed by atoms with Crippen molar-refractivity contribution in [2.24, 2.45) is 0 Å². The van der Waals surface area contributed by atoms with Gasteiger partial charge in [0.25, 0.3) is 0 Å². The molecule has 0 radical (unpaired) electrons. The largest absolute Gasteiger partial charge is 0.495 e. The van der Waals surface area contributed by atoms with Crippen LogP contribution in [-0.2, 0) is 12.2 Å². The molecule has 1 aromatic heterocycles. The molecule has 3 aromatic carbocycles. The molecule has 1 aliphatic rings. The van der Waals surface area contributed by atoms with E-state index in [1.165, 1.54) is 36.0 Å². The highest BCUT2D eigenvalue weighted by molar-refractivity contribution is 7.98. The van der Waals surface area contributed by atoms with Gasteiger partial charge in [0.15, 0.2) is 16.7 Å². The zero-order chi connectivity index (χ0) is 29.1. The predicted molar refractivity (Wildman–Crippen MR) is 156 cm³/mol. The minimum Gasteiger partial charge on any atom is -0.495 e. The summed E-state index contributed by atoms with van der Waals surface area (Å²) in [7, 11) is 5.36. The Hall–Kier alpha value is -3.14. The molecule has 5 nitrogen and oxygen atoms in total. The third kappa shape index (κ3) is 6.37. The number of thioether (sulfide) groups is 1. The van der Waals surface area contributed by atoms with E-state index < -0.39 is 11.6 Å². The second kappa shape index (κ2) is 12.8. The van der Waals surface area contributed by atoms with Gasteiger partial charge in [0, 0.05) is 29.5 Å². The van der Waals surface area contributed by atoms with Crippen LogP contribution in [0.15, 0.2) is 59.8 Å². The number of fused-ring (bicyclic) bond motifs is 1. The van der Waals surface area contributed by atoms with E-state index in [4.69, 9.17) is 26.1 Å². The first-order valence-corrected chi connectivity index (χ1v) is 14.7. The Morgan fingerprint density at radius 2 is 1.83 bits per heavy atom. The molecule has 0 spiro atoms. The van der Waals surface area contributed by atoms with Gasteiger partial charge in [-0.3, -0.25) is 4.57 Å². The summed E-state index contributed by atoms with van der Waals surface area (Å²) >= 11 is 7.54. The molecule has 0 saturated heterocycles. The van der Waals surface area contributed by atoms with Gasteiger partial charge in [-0.15, -0.1) is 0 Å². The molecule has 1 unspecified atom stereocenters. The van der Waals surface area contributed by atoms with Gasteiger partial charge in [0.1, 0.15) is 24.0 Å². The Morgan fingerprint density at radius 1 is 1.05 bits per heavy atom. The van der Waals surface area contributed by atoms with Crippen molar-refractivity contribution in [2.75, 3.05) is 34.4 Å². The summed E-state index contributed by atoms with van der Waals surface area (Å²) in [6, 6.07) is 14.4. The Morgan fingerprint density at radius 3 is 2.56 bits per heavy atom. The van der Waals surface area contributed by atoms with Crippen LogP contribution in [0.4, 0.5) is 13.2 Å². The van der Waals surface area contributed by atoms with Crippen LogP contribution in [0.3, 0.4) is 0 Å². The Bertz CT molecular complexity index is 1530. The number of likely N-dealkylation sites (N-methyl/N-ethyl adjacent to an activating group) is 1. The highest BCUT2D eigenvalue weighted by Crippen LogP contribution is 2.43. The molecule has 1 aliphatic carbocycles. The van der Waals surface area contributed by atoms with Crippen molar-refractivity contribution in [3.05, 3.63) is 99.6 Å². The summed E-state index contributed by atoms with van der Waals surface area (Å²) in [5.41, 5.74) is 3.53. The van der Waals surface area contributed by atoms with Crippen LogP contribution in [0.1, 0.15) is 41.3 Å². The molecule has 41 heavy (non-hydrogen) atoms. The molecule has 0 saturated carbocycles. The van der Waals surface area contributed by atoms with Gasteiger partial charge in [-0.1, -0.05) is 29.4 Å². The van der Waals surface area contributed by atoms with E-state index in [0.717, 1.165) is 41.9 Å². The summed E-state index contributed by atoms with van der Waals surface area (Å²) in [5.74, 6) is -1.15. The molecule has 1 heterocycles. The van der Waals surface area contributed by atoms with E-state index in [9.17, 15) is 8.78 Å². The summed E-state index contributed by atoms with van der Waals surface area (Å²) in [4.78, 5) is 6.86. The number of halogens is 4. The fourth-order valence-corrected chi connectivity index (χ4v) is 6.30. The first kappa shape index (κ1) is 29.4. The van der Waals surface area contributed by atoms with E-state index in [-0.39, 0.29) is 35.4 Å². The minimum atomic E-state index is -0.716. The SMILES string of the molecule is COc1cc(C2CCCc3nc(SCc4c(F)ccc(OCCN(C)C)c4F)n(-c4ccc(F)cc4)c32)ccc1Cl. The van der Waals surface area contributed by atoms with Gasteiger partial charge in [-0.25, -0.2) is 18.2 Å². The predicted octanol–water partition coefficient (Wildman–Crippen LogP) is 7.65. The molecule has 0 amide bonds. The molecule has 0 N–H and O–H groups in total. The van der Waals surface area contributed by atoms with E-state index in [0.29, 0.717) is 22.5 Å². The van der Waals surface area contributed by atoms with E-state index >= 15 is 4.39 Å². The highest BCUT2D eigenvalue weighted by Gasteiger charge is 2.31. The second-order valence-electron chi connectivity index (χ2n) is 10.2. The monoisotopic (exact) mass is 601 g/mol. The number of benzene rings is 3. The van der Waals surface area contributed by atoms with Crippen molar-refractivity contribution >= 4 is 23.4 Å². The zero-order valence-corrected chi connectivity index (χ0v) is 24.7. The van der Waals surface area contributed by atoms with Crippen LogP contribution in [-0.4, -0.2) is 48.8 Å². The zero-order valence-electron chi connectivity index (χ0n) is 23.1. The van der Waals surface area contributed by atoms with Gasteiger partial charge in [0.2, 0.25) is 0 Å². The van der Waals surface area contributed by atoms with Gasteiger partial charge >= 0.3 is 0 Å². The molecular formula is C31H31ClF3N3O2S. The van der Waals surface area contributed by atoms with E-state index in [1.807, 2.05) is 41.8 Å².